The Morgan fingerprint density at radius 3 is 2.75 bits per heavy atom. The van der Waals surface area contributed by atoms with E-state index in [1.54, 1.807) is 11.8 Å². The number of nitrogens with two attached hydrogens (primary N) is 1. The molecule has 1 aromatic carbocycles. The van der Waals surface area contributed by atoms with Crippen molar-refractivity contribution in [1.29, 1.82) is 0 Å². The minimum atomic E-state index is 0.0961. The summed E-state index contributed by atoms with van der Waals surface area (Å²) in [5.74, 6) is 1.40. The molecule has 2 aromatic rings. The molecular formula is C13H16ClN5S. The Morgan fingerprint density at radius 1 is 1.30 bits per heavy atom. The highest BCUT2D eigenvalue weighted by atomic mass is 35.5. The van der Waals surface area contributed by atoms with E-state index in [-0.39, 0.29) is 17.3 Å². The lowest BCUT2D eigenvalue weighted by Crippen LogP contribution is -2.20. The molecule has 3 N–H and O–H groups in total. The first-order valence-corrected chi connectivity index (χ1v) is 7.53. The maximum Gasteiger partial charge on any atom is 0.229 e. The maximum atomic E-state index is 5.74. The number of hydrogen-bond acceptors (Lipinski definition) is 6. The predicted octanol–water partition coefficient (Wildman–Crippen LogP) is 3.01. The van der Waals surface area contributed by atoms with Crippen molar-refractivity contribution < 1.29 is 0 Å². The zero-order valence-corrected chi connectivity index (χ0v) is 12.9. The number of nitrogens with one attached hydrogen (secondary N) is 1. The van der Waals surface area contributed by atoms with Crippen LogP contribution in [0.4, 0.5) is 11.9 Å². The number of nitrogen functional groups attached to an aromatic ring is 1. The van der Waals surface area contributed by atoms with Crippen molar-refractivity contribution in [3.05, 3.63) is 35.1 Å². The van der Waals surface area contributed by atoms with E-state index in [1.165, 1.54) is 10.5 Å². The van der Waals surface area contributed by atoms with Gasteiger partial charge in [0.25, 0.3) is 0 Å². The summed E-state index contributed by atoms with van der Waals surface area (Å²) < 4.78 is 0. The molecule has 0 aliphatic carbocycles. The van der Waals surface area contributed by atoms with E-state index >= 15 is 0 Å². The van der Waals surface area contributed by atoms with Crippen LogP contribution in [0, 0.1) is 6.92 Å². The lowest BCUT2D eigenvalue weighted by Gasteiger charge is -2.14. The Hall–Kier alpha value is -1.53. The highest BCUT2D eigenvalue weighted by Crippen LogP contribution is 2.23. The number of halogens is 1. The van der Waals surface area contributed by atoms with E-state index in [1.807, 2.05) is 12.1 Å². The van der Waals surface area contributed by atoms with Crippen molar-refractivity contribution >= 4 is 35.3 Å². The van der Waals surface area contributed by atoms with Gasteiger partial charge in [0.1, 0.15) is 0 Å². The van der Waals surface area contributed by atoms with Crippen LogP contribution in [0.1, 0.15) is 12.5 Å². The second-order valence-electron chi connectivity index (χ2n) is 4.41. The number of rotatable bonds is 5. The van der Waals surface area contributed by atoms with E-state index in [2.05, 4.69) is 46.2 Å². The second-order valence-corrected chi connectivity index (χ2v) is 5.81. The number of aromatic nitrogens is 3. The SMILES string of the molecule is Cc1ccccc1SCC(C)Nc1nc(N)nc(Cl)n1. The molecular weight excluding hydrogens is 294 g/mol. The molecule has 0 saturated heterocycles. The molecule has 0 fully saturated rings. The molecule has 1 unspecified atom stereocenters. The van der Waals surface area contributed by atoms with Crippen LogP contribution in [0.2, 0.25) is 5.28 Å². The minimum absolute atomic E-state index is 0.0961. The van der Waals surface area contributed by atoms with E-state index < -0.39 is 0 Å². The zero-order valence-electron chi connectivity index (χ0n) is 11.3. The molecule has 0 aliphatic rings. The molecule has 7 heteroatoms. The highest BCUT2D eigenvalue weighted by molar-refractivity contribution is 7.99. The number of thioether (sulfide) groups is 1. The molecule has 0 radical (unpaired) electrons. The van der Waals surface area contributed by atoms with Gasteiger partial charge in [-0.05, 0) is 37.1 Å². The average molecular weight is 310 g/mol. The Kier molecular flexibility index (Phi) is 5.03. The van der Waals surface area contributed by atoms with E-state index in [4.69, 9.17) is 17.3 Å². The van der Waals surface area contributed by atoms with Gasteiger partial charge in [-0.2, -0.15) is 15.0 Å². The third kappa shape index (κ3) is 4.25. The van der Waals surface area contributed by atoms with Gasteiger partial charge in [0.05, 0.1) is 0 Å². The van der Waals surface area contributed by atoms with Crippen LogP contribution < -0.4 is 11.1 Å². The molecule has 0 amide bonds. The lowest BCUT2D eigenvalue weighted by atomic mass is 10.2. The number of hydrogen-bond donors (Lipinski definition) is 2. The highest BCUT2D eigenvalue weighted by Gasteiger charge is 2.08. The van der Waals surface area contributed by atoms with Crippen molar-refractivity contribution in [2.24, 2.45) is 0 Å². The zero-order chi connectivity index (χ0) is 14.5. The molecule has 5 nitrogen and oxygen atoms in total. The van der Waals surface area contributed by atoms with Crippen molar-refractivity contribution in [3.8, 4) is 0 Å². The summed E-state index contributed by atoms with van der Waals surface area (Å²) in [7, 11) is 0. The first kappa shape index (κ1) is 14.9. The van der Waals surface area contributed by atoms with E-state index in [0.717, 1.165) is 5.75 Å². The Morgan fingerprint density at radius 2 is 2.05 bits per heavy atom. The van der Waals surface area contributed by atoms with Gasteiger partial charge in [-0.25, -0.2) is 0 Å². The summed E-state index contributed by atoms with van der Waals surface area (Å²) in [6.45, 7) is 4.16. The van der Waals surface area contributed by atoms with Crippen LogP contribution in [0.15, 0.2) is 29.2 Å². The van der Waals surface area contributed by atoms with Crippen LogP contribution in [-0.2, 0) is 0 Å². The fraction of sp³-hybridized carbons (Fsp3) is 0.308. The molecule has 0 saturated carbocycles. The monoisotopic (exact) mass is 309 g/mol. The van der Waals surface area contributed by atoms with Crippen LogP contribution in [0.3, 0.4) is 0 Å². The van der Waals surface area contributed by atoms with Crippen molar-refractivity contribution in [3.63, 3.8) is 0 Å². The van der Waals surface area contributed by atoms with Gasteiger partial charge in [0.15, 0.2) is 0 Å². The van der Waals surface area contributed by atoms with Gasteiger partial charge < -0.3 is 11.1 Å². The van der Waals surface area contributed by atoms with Crippen molar-refractivity contribution in [2.45, 2.75) is 24.8 Å². The number of benzene rings is 1. The number of nitrogens with zero attached hydrogens (tertiary/aromatic N) is 3. The number of anilines is 2. The Labute approximate surface area is 127 Å². The van der Waals surface area contributed by atoms with E-state index in [0.29, 0.717) is 5.95 Å². The number of aryl methyl sites for hydroxylation is 1. The summed E-state index contributed by atoms with van der Waals surface area (Å²) in [4.78, 5) is 13.0. The molecule has 0 bridgehead atoms. The summed E-state index contributed by atoms with van der Waals surface area (Å²) >= 11 is 7.52. The molecule has 20 heavy (non-hydrogen) atoms. The molecule has 1 heterocycles. The van der Waals surface area contributed by atoms with Crippen LogP contribution in [0.25, 0.3) is 0 Å². The van der Waals surface area contributed by atoms with Gasteiger partial charge in [0, 0.05) is 16.7 Å². The molecule has 0 spiro atoms. The normalized spacial score (nSPS) is 12.2. The van der Waals surface area contributed by atoms with Gasteiger partial charge in [-0.3, -0.25) is 0 Å². The van der Waals surface area contributed by atoms with Crippen LogP contribution in [-0.4, -0.2) is 26.7 Å². The van der Waals surface area contributed by atoms with Crippen LogP contribution >= 0.6 is 23.4 Å². The average Bonchev–Trinajstić information content (AvgIpc) is 2.36. The lowest BCUT2D eigenvalue weighted by molar-refractivity contribution is 0.879. The summed E-state index contributed by atoms with van der Waals surface area (Å²) in [5.41, 5.74) is 6.80. The smallest absolute Gasteiger partial charge is 0.229 e. The van der Waals surface area contributed by atoms with Gasteiger partial charge >= 0.3 is 0 Å². The predicted molar refractivity (Wildman–Crippen MR) is 84.2 cm³/mol. The quantitative estimate of drug-likeness (QED) is 0.827. The Balaban J connectivity index is 1.92. The first-order chi connectivity index (χ1) is 9.54. The standard InChI is InChI=1S/C13H16ClN5S/c1-8-5-3-4-6-10(8)20-7-9(2)16-13-18-11(14)17-12(15)19-13/h3-6,9H,7H2,1-2H3,(H3,15,16,17,18,19). The molecule has 2 rings (SSSR count). The molecule has 1 atom stereocenters. The largest absolute Gasteiger partial charge is 0.368 e. The fourth-order valence-electron chi connectivity index (χ4n) is 1.63. The van der Waals surface area contributed by atoms with Gasteiger partial charge in [-0.1, -0.05) is 18.2 Å². The molecule has 0 aliphatic heterocycles. The fourth-order valence-corrected chi connectivity index (χ4v) is 2.78. The molecule has 106 valence electrons. The van der Waals surface area contributed by atoms with Crippen molar-refractivity contribution in [1.82, 2.24) is 15.0 Å². The minimum Gasteiger partial charge on any atom is -0.368 e. The maximum absolute atomic E-state index is 5.74. The summed E-state index contributed by atoms with van der Waals surface area (Å²) in [6.07, 6.45) is 0. The van der Waals surface area contributed by atoms with E-state index in [9.17, 15) is 0 Å². The summed E-state index contributed by atoms with van der Waals surface area (Å²) in [6, 6.07) is 8.48. The van der Waals surface area contributed by atoms with Crippen LogP contribution in [0.5, 0.6) is 0 Å². The second kappa shape index (κ2) is 6.76. The van der Waals surface area contributed by atoms with Crippen molar-refractivity contribution in [2.75, 3.05) is 16.8 Å². The molecule has 1 aromatic heterocycles. The first-order valence-electron chi connectivity index (χ1n) is 6.16. The topological polar surface area (TPSA) is 76.7 Å². The Bertz CT molecular complexity index is 572. The third-order valence-electron chi connectivity index (χ3n) is 2.58. The van der Waals surface area contributed by atoms with Gasteiger partial charge in [-0.15, -0.1) is 11.8 Å². The van der Waals surface area contributed by atoms with Gasteiger partial charge in [0.2, 0.25) is 17.2 Å². The summed E-state index contributed by atoms with van der Waals surface area (Å²) in [5, 5.41) is 3.26. The third-order valence-corrected chi connectivity index (χ3v) is 4.19.